The van der Waals surface area contributed by atoms with E-state index in [2.05, 4.69) is 20.6 Å². The van der Waals surface area contributed by atoms with Gasteiger partial charge in [-0.05, 0) is 0 Å². The first-order valence-corrected chi connectivity index (χ1v) is 6.08. The molecule has 2 amide bonds. The monoisotopic (exact) mass is 299 g/mol. The summed E-state index contributed by atoms with van der Waals surface area (Å²) in [4.78, 5) is 40.7. The number of aliphatic hydroxyl groups excluding tert-OH is 1. The van der Waals surface area contributed by atoms with Crippen molar-refractivity contribution in [2.24, 2.45) is 5.73 Å². The number of nitrogens with two attached hydrogens (primary N) is 1. The van der Waals surface area contributed by atoms with E-state index in [0.29, 0.717) is 5.69 Å². The number of hydrogen-bond donors (Lipinski definition) is 6. The number of carboxylic acids is 1. The Hall–Kier alpha value is -2.46. The molecule has 1 heterocycles. The number of carbonyl (C=O) groups excluding carboxylic acids is 2. The number of amides is 2. The van der Waals surface area contributed by atoms with Gasteiger partial charge in [0, 0.05) is 18.3 Å². The fourth-order valence-corrected chi connectivity index (χ4v) is 1.54. The Morgan fingerprint density at radius 1 is 1.33 bits per heavy atom. The minimum absolute atomic E-state index is 0.0787. The van der Waals surface area contributed by atoms with Crippen LogP contribution in [-0.2, 0) is 20.8 Å². The molecule has 1 aromatic heterocycles. The molecule has 0 bridgehead atoms. The molecule has 2 atom stereocenters. The van der Waals surface area contributed by atoms with Crippen LogP contribution in [0.3, 0.4) is 0 Å². The molecule has 0 saturated heterocycles. The molecule has 1 rings (SSSR count). The van der Waals surface area contributed by atoms with Crippen molar-refractivity contribution in [3.05, 3.63) is 18.2 Å². The molecule has 0 aromatic carbocycles. The Kier molecular flexibility index (Phi) is 6.30. The summed E-state index contributed by atoms with van der Waals surface area (Å²) in [6.07, 6.45) is 2.95. The Bertz CT molecular complexity index is 489. The summed E-state index contributed by atoms with van der Waals surface area (Å²) in [6, 6.07) is -2.48. The number of aromatic amines is 1. The zero-order valence-electron chi connectivity index (χ0n) is 11.1. The van der Waals surface area contributed by atoms with Gasteiger partial charge in [0.1, 0.15) is 12.1 Å². The van der Waals surface area contributed by atoms with Crippen LogP contribution in [-0.4, -0.2) is 63.2 Å². The van der Waals surface area contributed by atoms with Crippen molar-refractivity contribution < 1.29 is 24.6 Å². The second-order valence-electron chi connectivity index (χ2n) is 4.19. The van der Waals surface area contributed by atoms with Crippen LogP contribution in [0.1, 0.15) is 5.69 Å². The third-order valence-corrected chi connectivity index (χ3v) is 2.61. The van der Waals surface area contributed by atoms with Gasteiger partial charge in [0.15, 0.2) is 0 Å². The third-order valence-electron chi connectivity index (χ3n) is 2.61. The predicted molar refractivity (Wildman–Crippen MR) is 69.9 cm³/mol. The van der Waals surface area contributed by atoms with Gasteiger partial charge in [-0.25, -0.2) is 9.78 Å². The zero-order chi connectivity index (χ0) is 15.8. The highest BCUT2D eigenvalue weighted by Gasteiger charge is 2.26. The van der Waals surface area contributed by atoms with E-state index in [9.17, 15) is 14.4 Å². The van der Waals surface area contributed by atoms with Crippen LogP contribution < -0.4 is 16.4 Å². The Morgan fingerprint density at radius 3 is 2.52 bits per heavy atom. The lowest BCUT2D eigenvalue weighted by molar-refractivity contribution is -0.143. The van der Waals surface area contributed by atoms with Crippen molar-refractivity contribution in [2.45, 2.75) is 18.5 Å². The smallest absolute Gasteiger partial charge is 0.328 e. The number of carboxylic acid groups (broad SMARTS) is 1. The van der Waals surface area contributed by atoms with E-state index < -0.39 is 36.5 Å². The van der Waals surface area contributed by atoms with Crippen LogP contribution in [0.5, 0.6) is 0 Å². The molecule has 0 aliphatic heterocycles. The number of imidazole rings is 1. The van der Waals surface area contributed by atoms with Crippen LogP contribution in [0.4, 0.5) is 0 Å². The van der Waals surface area contributed by atoms with Crippen LogP contribution in [0, 0.1) is 0 Å². The molecule has 10 heteroatoms. The van der Waals surface area contributed by atoms with Crippen LogP contribution in [0.2, 0.25) is 0 Å². The molecule has 7 N–H and O–H groups in total. The first-order chi connectivity index (χ1) is 9.97. The quantitative estimate of drug-likeness (QED) is 0.296. The number of rotatable bonds is 8. The SMILES string of the molecule is NCC(=O)NC(Cc1cnc[nH]1)C(=O)NC(CO)C(=O)O. The van der Waals surface area contributed by atoms with E-state index >= 15 is 0 Å². The number of aromatic nitrogens is 2. The van der Waals surface area contributed by atoms with Gasteiger partial charge < -0.3 is 31.6 Å². The third kappa shape index (κ3) is 5.20. The number of nitrogens with zero attached hydrogens (tertiary/aromatic N) is 1. The van der Waals surface area contributed by atoms with Crippen molar-refractivity contribution in [1.29, 1.82) is 0 Å². The minimum atomic E-state index is -1.45. The van der Waals surface area contributed by atoms with E-state index in [1.165, 1.54) is 12.5 Å². The molecule has 0 spiro atoms. The molecule has 0 radical (unpaired) electrons. The molecule has 0 aliphatic carbocycles. The van der Waals surface area contributed by atoms with Crippen molar-refractivity contribution in [2.75, 3.05) is 13.2 Å². The molecule has 0 aliphatic rings. The topological polar surface area (TPSA) is 170 Å². The van der Waals surface area contributed by atoms with Crippen LogP contribution >= 0.6 is 0 Å². The molecular weight excluding hydrogens is 282 g/mol. The van der Waals surface area contributed by atoms with Gasteiger partial charge in [0.05, 0.1) is 19.5 Å². The minimum Gasteiger partial charge on any atom is -0.480 e. The number of hydrogen-bond acceptors (Lipinski definition) is 6. The highest BCUT2D eigenvalue weighted by atomic mass is 16.4. The van der Waals surface area contributed by atoms with E-state index in [1.807, 2.05) is 0 Å². The second-order valence-corrected chi connectivity index (χ2v) is 4.19. The van der Waals surface area contributed by atoms with E-state index in [1.54, 1.807) is 0 Å². The average Bonchev–Trinajstić information content (AvgIpc) is 2.96. The maximum atomic E-state index is 12.0. The van der Waals surface area contributed by atoms with Crippen molar-refractivity contribution in [3.63, 3.8) is 0 Å². The zero-order valence-corrected chi connectivity index (χ0v) is 11.1. The normalized spacial score (nSPS) is 13.2. The lowest BCUT2D eigenvalue weighted by atomic mass is 10.1. The Labute approximate surface area is 119 Å². The lowest BCUT2D eigenvalue weighted by Gasteiger charge is -2.19. The molecule has 0 fully saturated rings. The van der Waals surface area contributed by atoms with E-state index in [4.69, 9.17) is 15.9 Å². The van der Waals surface area contributed by atoms with E-state index in [0.717, 1.165) is 0 Å². The predicted octanol–water partition coefficient (Wildman–Crippen LogP) is -3.04. The van der Waals surface area contributed by atoms with E-state index in [-0.39, 0.29) is 13.0 Å². The number of aliphatic carboxylic acids is 1. The van der Waals surface area contributed by atoms with Gasteiger partial charge in [0.25, 0.3) is 0 Å². The fourth-order valence-electron chi connectivity index (χ4n) is 1.54. The highest BCUT2D eigenvalue weighted by molar-refractivity contribution is 5.91. The largest absolute Gasteiger partial charge is 0.480 e. The number of aliphatic hydroxyl groups is 1. The molecule has 1 aromatic rings. The van der Waals surface area contributed by atoms with Crippen LogP contribution in [0.25, 0.3) is 0 Å². The lowest BCUT2D eigenvalue weighted by Crippen LogP contribution is -2.54. The van der Waals surface area contributed by atoms with Crippen molar-refractivity contribution >= 4 is 17.8 Å². The summed E-state index contributed by atoms with van der Waals surface area (Å²) < 4.78 is 0. The Morgan fingerprint density at radius 2 is 2.05 bits per heavy atom. The summed E-state index contributed by atoms with van der Waals surface area (Å²) in [7, 11) is 0. The van der Waals surface area contributed by atoms with Gasteiger partial charge in [-0.1, -0.05) is 0 Å². The number of nitrogens with one attached hydrogen (secondary N) is 3. The number of H-pyrrole nitrogens is 1. The first kappa shape index (κ1) is 16.6. The molecule has 0 saturated carbocycles. The fraction of sp³-hybridized carbons (Fsp3) is 0.455. The maximum absolute atomic E-state index is 12.0. The van der Waals surface area contributed by atoms with Crippen LogP contribution in [0.15, 0.2) is 12.5 Å². The molecular formula is C11H17N5O5. The van der Waals surface area contributed by atoms with Gasteiger partial charge in [0.2, 0.25) is 11.8 Å². The maximum Gasteiger partial charge on any atom is 0.328 e. The van der Waals surface area contributed by atoms with Crippen molar-refractivity contribution in [3.8, 4) is 0 Å². The summed E-state index contributed by atoms with van der Waals surface area (Å²) in [5.41, 5.74) is 5.74. The Balaban J connectivity index is 2.76. The van der Waals surface area contributed by atoms with Gasteiger partial charge in [-0.15, -0.1) is 0 Å². The first-order valence-electron chi connectivity index (χ1n) is 6.08. The number of carbonyl (C=O) groups is 3. The summed E-state index contributed by atoms with van der Waals surface area (Å²) in [5, 5.41) is 22.2. The molecule has 10 nitrogen and oxygen atoms in total. The average molecular weight is 299 g/mol. The molecule has 21 heavy (non-hydrogen) atoms. The highest BCUT2D eigenvalue weighted by Crippen LogP contribution is 2.00. The van der Waals surface area contributed by atoms with Gasteiger partial charge >= 0.3 is 5.97 Å². The summed E-state index contributed by atoms with van der Waals surface area (Å²) in [6.45, 7) is -1.07. The van der Waals surface area contributed by atoms with Crippen molar-refractivity contribution in [1.82, 2.24) is 20.6 Å². The summed E-state index contributed by atoms with van der Waals surface area (Å²) in [5.74, 6) is -2.69. The van der Waals surface area contributed by atoms with Gasteiger partial charge in [-0.3, -0.25) is 9.59 Å². The summed E-state index contributed by atoms with van der Waals surface area (Å²) >= 11 is 0. The van der Waals surface area contributed by atoms with Gasteiger partial charge in [-0.2, -0.15) is 0 Å². The molecule has 2 unspecified atom stereocenters. The molecule has 116 valence electrons. The standard InChI is InChI=1S/C11H17N5O5/c12-2-9(18)15-7(1-6-3-13-5-14-6)10(19)16-8(4-17)11(20)21/h3,5,7-8,17H,1-2,4,12H2,(H,13,14)(H,15,18)(H,16,19)(H,20,21). The second kappa shape index (κ2) is 7.97.